The van der Waals surface area contributed by atoms with Crippen molar-refractivity contribution in [2.75, 3.05) is 31.7 Å². The Kier molecular flexibility index (Phi) is 7.91. The first-order chi connectivity index (χ1) is 17.3. The Morgan fingerprint density at radius 3 is 2.58 bits per heavy atom. The third-order valence-corrected chi connectivity index (χ3v) is 6.13. The predicted molar refractivity (Wildman–Crippen MR) is 132 cm³/mol. The van der Waals surface area contributed by atoms with Crippen LogP contribution in [0.1, 0.15) is 52.9 Å². The second-order valence-corrected chi connectivity index (χ2v) is 8.84. The number of anilines is 1. The van der Waals surface area contributed by atoms with Gasteiger partial charge in [-0.3, -0.25) is 9.78 Å². The smallest absolute Gasteiger partial charge is 0.273 e. The van der Waals surface area contributed by atoms with E-state index in [9.17, 15) is 9.90 Å². The van der Waals surface area contributed by atoms with E-state index in [-0.39, 0.29) is 36.3 Å². The Labute approximate surface area is 208 Å². The number of benzene rings is 1. The second-order valence-electron chi connectivity index (χ2n) is 8.84. The van der Waals surface area contributed by atoms with Gasteiger partial charge >= 0.3 is 0 Å². The number of amides is 1. The topological polar surface area (TPSA) is 93.6 Å². The van der Waals surface area contributed by atoms with Crippen molar-refractivity contribution in [3.63, 3.8) is 0 Å². The summed E-state index contributed by atoms with van der Waals surface area (Å²) in [5.41, 5.74) is 2.19. The van der Waals surface area contributed by atoms with Crippen LogP contribution in [0, 0.1) is 6.92 Å². The first kappa shape index (κ1) is 25.7. The summed E-state index contributed by atoms with van der Waals surface area (Å²) < 4.78 is 41.5. The maximum atomic E-state index is 15.2. The molecule has 2 N–H and O–H groups in total. The number of aryl methyl sites for hydroxylation is 1. The number of carbonyl (C=O) groups is 1. The fraction of sp³-hybridized carbons (Fsp3) is 0.370. The molecule has 0 spiro atoms. The highest BCUT2D eigenvalue weighted by molar-refractivity contribution is 6.05. The zero-order valence-corrected chi connectivity index (χ0v) is 20.3. The van der Waals surface area contributed by atoms with Crippen molar-refractivity contribution in [1.29, 1.82) is 0 Å². The van der Waals surface area contributed by atoms with Crippen LogP contribution in [0.25, 0.3) is 11.1 Å². The summed E-state index contributed by atoms with van der Waals surface area (Å²) >= 11 is 0. The van der Waals surface area contributed by atoms with Crippen molar-refractivity contribution in [1.82, 2.24) is 9.97 Å². The van der Waals surface area contributed by atoms with E-state index in [0.29, 0.717) is 35.5 Å². The fourth-order valence-corrected chi connectivity index (χ4v) is 4.43. The Morgan fingerprint density at radius 2 is 1.92 bits per heavy atom. The first-order valence-corrected chi connectivity index (χ1v) is 11.8. The largest absolute Gasteiger partial charge is 0.475 e. The Hall–Kier alpha value is -3.43. The summed E-state index contributed by atoms with van der Waals surface area (Å²) in [4.78, 5) is 21.3. The summed E-state index contributed by atoms with van der Waals surface area (Å²) in [6, 6.07) is 9.65. The van der Waals surface area contributed by atoms with E-state index in [1.54, 1.807) is 19.1 Å². The molecule has 0 bridgehead atoms. The number of pyridine rings is 2. The van der Waals surface area contributed by atoms with E-state index in [1.807, 2.05) is 6.07 Å². The predicted octanol–water partition coefficient (Wildman–Crippen LogP) is 5.08. The molecule has 0 aliphatic carbocycles. The molecule has 9 heteroatoms. The second kappa shape index (κ2) is 11.1. The number of alkyl halides is 2. The average Bonchev–Trinajstić information content (AvgIpc) is 2.88. The van der Waals surface area contributed by atoms with Crippen LogP contribution in [-0.2, 0) is 10.7 Å². The molecule has 1 aromatic carbocycles. The molecule has 2 aromatic heterocycles. The number of ether oxygens (including phenoxy) is 2. The molecule has 1 fully saturated rings. The van der Waals surface area contributed by atoms with Gasteiger partial charge in [0.15, 0.2) is 0 Å². The summed E-state index contributed by atoms with van der Waals surface area (Å²) in [5.74, 6) is -3.44. The number of nitrogens with zero attached hydrogens (tertiary/aromatic N) is 2. The third kappa shape index (κ3) is 5.85. The van der Waals surface area contributed by atoms with Gasteiger partial charge < -0.3 is 19.9 Å². The number of carbonyl (C=O) groups excluding carboxylic acids is 1. The highest BCUT2D eigenvalue weighted by atomic mass is 19.3. The van der Waals surface area contributed by atoms with Crippen LogP contribution in [-0.4, -0.2) is 47.4 Å². The number of aromatic nitrogens is 2. The molecule has 1 saturated heterocycles. The molecule has 3 heterocycles. The molecule has 7 nitrogen and oxygen atoms in total. The molecule has 4 rings (SSSR count). The minimum absolute atomic E-state index is 0.0205. The van der Waals surface area contributed by atoms with Gasteiger partial charge in [-0.1, -0.05) is 6.07 Å². The normalized spacial score (nSPS) is 14.5. The van der Waals surface area contributed by atoms with E-state index in [1.165, 1.54) is 30.6 Å². The minimum Gasteiger partial charge on any atom is -0.475 e. The van der Waals surface area contributed by atoms with Crippen LogP contribution in [0.5, 0.6) is 5.88 Å². The quantitative estimate of drug-likeness (QED) is 0.451. The van der Waals surface area contributed by atoms with Gasteiger partial charge in [0, 0.05) is 55.8 Å². The van der Waals surface area contributed by atoms with E-state index in [0.717, 1.165) is 25.5 Å². The van der Waals surface area contributed by atoms with Crippen LogP contribution in [0.4, 0.5) is 14.5 Å². The summed E-state index contributed by atoms with van der Waals surface area (Å²) in [7, 11) is 0. The minimum atomic E-state index is -3.27. The highest BCUT2D eigenvalue weighted by Crippen LogP contribution is 2.44. The third-order valence-electron chi connectivity index (χ3n) is 6.13. The van der Waals surface area contributed by atoms with Crippen molar-refractivity contribution >= 4 is 11.6 Å². The zero-order chi connectivity index (χ0) is 25.7. The van der Waals surface area contributed by atoms with Crippen molar-refractivity contribution in [3.05, 3.63) is 71.2 Å². The van der Waals surface area contributed by atoms with Gasteiger partial charge in [0.2, 0.25) is 5.88 Å². The lowest BCUT2D eigenvalue weighted by molar-refractivity contribution is 0.0188. The molecule has 0 saturated carbocycles. The Morgan fingerprint density at radius 1 is 1.19 bits per heavy atom. The van der Waals surface area contributed by atoms with E-state index >= 15 is 8.78 Å². The van der Waals surface area contributed by atoms with Crippen molar-refractivity contribution in [2.24, 2.45) is 0 Å². The van der Waals surface area contributed by atoms with E-state index in [2.05, 4.69) is 15.3 Å². The van der Waals surface area contributed by atoms with Gasteiger partial charge in [-0.05, 0) is 60.7 Å². The lowest BCUT2D eigenvalue weighted by Crippen LogP contribution is -2.19. The van der Waals surface area contributed by atoms with Crippen molar-refractivity contribution in [2.45, 2.75) is 38.5 Å². The maximum absolute atomic E-state index is 15.2. The van der Waals surface area contributed by atoms with Gasteiger partial charge in [0.1, 0.15) is 6.61 Å². The molecule has 190 valence electrons. The monoisotopic (exact) mass is 497 g/mol. The summed E-state index contributed by atoms with van der Waals surface area (Å²) in [6.45, 7) is 3.58. The number of hydrogen-bond acceptors (Lipinski definition) is 6. The Bertz CT molecular complexity index is 1210. The Balaban J connectivity index is 1.84. The SMILES string of the molecule is Cc1ccc(NC(=O)c2ccncc2)c(C(C)(F)F)c1-c1cc(OCCO)nc(C2CCOCC2)c1. The molecular weight excluding hydrogens is 468 g/mol. The highest BCUT2D eigenvalue weighted by Gasteiger charge is 2.33. The molecule has 36 heavy (non-hydrogen) atoms. The lowest BCUT2D eigenvalue weighted by Gasteiger charge is -2.25. The molecule has 1 amide bonds. The lowest BCUT2D eigenvalue weighted by atomic mass is 9.88. The van der Waals surface area contributed by atoms with Gasteiger partial charge in [-0.2, -0.15) is 0 Å². The first-order valence-electron chi connectivity index (χ1n) is 11.8. The number of rotatable bonds is 8. The summed E-state index contributed by atoms with van der Waals surface area (Å²) in [6.07, 6.45) is 4.45. The number of aliphatic hydroxyl groups excluding tert-OH is 1. The molecule has 1 aliphatic rings. The molecule has 0 unspecified atom stereocenters. The zero-order valence-electron chi connectivity index (χ0n) is 20.3. The van der Waals surface area contributed by atoms with Gasteiger partial charge in [0.05, 0.1) is 17.9 Å². The van der Waals surface area contributed by atoms with Crippen LogP contribution < -0.4 is 10.1 Å². The number of nitrogens with one attached hydrogen (secondary N) is 1. The number of halogens is 2. The number of hydrogen-bond donors (Lipinski definition) is 2. The van der Waals surface area contributed by atoms with Crippen LogP contribution in [0.2, 0.25) is 0 Å². The fourth-order valence-electron chi connectivity index (χ4n) is 4.43. The molecule has 1 aliphatic heterocycles. The van der Waals surface area contributed by atoms with E-state index in [4.69, 9.17) is 9.47 Å². The van der Waals surface area contributed by atoms with Crippen molar-refractivity contribution in [3.8, 4) is 17.0 Å². The molecule has 0 radical (unpaired) electrons. The summed E-state index contributed by atoms with van der Waals surface area (Å²) in [5, 5.41) is 11.9. The standard InChI is InChI=1S/C27H29F2N3O4/c1-17-3-4-21(32-26(34)19-5-9-30-10-6-19)25(27(2,28)29)24(17)20-15-22(18-7-12-35-13-8-18)31-23(16-20)36-14-11-33/h3-6,9-10,15-16,18,33H,7-8,11-14H2,1-2H3,(H,32,34). The average molecular weight is 498 g/mol. The van der Waals surface area contributed by atoms with Crippen LogP contribution in [0.3, 0.4) is 0 Å². The molecule has 0 atom stereocenters. The maximum Gasteiger partial charge on any atom is 0.273 e. The molecular formula is C27H29F2N3O4. The van der Waals surface area contributed by atoms with Gasteiger partial charge in [0.25, 0.3) is 11.8 Å². The van der Waals surface area contributed by atoms with Gasteiger partial charge in [-0.15, -0.1) is 0 Å². The molecule has 3 aromatic rings. The van der Waals surface area contributed by atoms with Gasteiger partial charge in [-0.25, -0.2) is 13.8 Å². The van der Waals surface area contributed by atoms with Crippen molar-refractivity contribution < 1.29 is 28.2 Å². The van der Waals surface area contributed by atoms with Crippen LogP contribution in [0.15, 0.2) is 48.8 Å². The van der Waals surface area contributed by atoms with Crippen LogP contribution >= 0.6 is 0 Å². The van der Waals surface area contributed by atoms with E-state index < -0.39 is 11.8 Å². The number of aliphatic hydroxyl groups is 1.